The number of rotatable bonds is 6. The van der Waals surface area contributed by atoms with Crippen molar-refractivity contribution in [2.45, 2.75) is 39.8 Å². The molecule has 1 aromatic carbocycles. The number of thiophene rings is 1. The van der Waals surface area contributed by atoms with E-state index in [2.05, 4.69) is 15.3 Å². The topological polar surface area (TPSA) is 79.3 Å². The molecule has 6 nitrogen and oxygen atoms in total. The van der Waals surface area contributed by atoms with E-state index in [1.807, 2.05) is 63.4 Å². The average molecular weight is 400 g/mol. The van der Waals surface area contributed by atoms with Crippen LogP contribution >= 0.6 is 11.3 Å². The third-order valence-corrected chi connectivity index (χ3v) is 5.29. The minimum atomic E-state index is -0.258. The van der Waals surface area contributed by atoms with Crippen molar-refractivity contribution in [3.05, 3.63) is 51.9 Å². The SMILES string of the molecule is CC[NH+](CC(=O)NC(C)(C)C)Cc1nc2scc(-c3ccccc3)c2c(=O)[nH]1. The highest BCUT2D eigenvalue weighted by atomic mass is 32.1. The second-order valence-corrected chi connectivity index (χ2v) is 8.82. The molecule has 1 unspecified atom stereocenters. The van der Waals surface area contributed by atoms with Crippen molar-refractivity contribution in [2.24, 2.45) is 0 Å². The van der Waals surface area contributed by atoms with Gasteiger partial charge >= 0.3 is 0 Å². The molecule has 3 rings (SSSR count). The minimum Gasteiger partial charge on any atom is -0.347 e. The largest absolute Gasteiger partial charge is 0.347 e. The van der Waals surface area contributed by atoms with Gasteiger partial charge in [0.1, 0.15) is 11.4 Å². The Morgan fingerprint density at radius 2 is 1.96 bits per heavy atom. The molecule has 0 aliphatic heterocycles. The molecule has 148 valence electrons. The number of aromatic nitrogens is 2. The van der Waals surface area contributed by atoms with Crippen molar-refractivity contribution in [1.82, 2.24) is 15.3 Å². The van der Waals surface area contributed by atoms with Gasteiger partial charge in [0, 0.05) is 16.5 Å². The fraction of sp³-hybridized carbons (Fsp3) is 0.381. The summed E-state index contributed by atoms with van der Waals surface area (Å²) in [5.41, 5.74) is 1.53. The fourth-order valence-corrected chi connectivity index (χ4v) is 4.11. The maximum absolute atomic E-state index is 12.8. The molecule has 0 aliphatic rings. The van der Waals surface area contributed by atoms with Crippen molar-refractivity contribution < 1.29 is 9.69 Å². The Morgan fingerprint density at radius 3 is 2.61 bits per heavy atom. The molecule has 0 aliphatic carbocycles. The number of hydrogen-bond donors (Lipinski definition) is 3. The third-order valence-electron chi connectivity index (χ3n) is 4.42. The number of H-pyrrole nitrogens is 1. The van der Waals surface area contributed by atoms with Crippen molar-refractivity contribution in [1.29, 1.82) is 0 Å². The van der Waals surface area contributed by atoms with E-state index >= 15 is 0 Å². The first kappa shape index (κ1) is 20.2. The first-order valence-corrected chi connectivity index (χ1v) is 10.3. The summed E-state index contributed by atoms with van der Waals surface area (Å²) in [5.74, 6) is 0.606. The summed E-state index contributed by atoms with van der Waals surface area (Å²) >= 11 is 1.47. The monoisotopic (exact) mass is 399 g/mol. The van der Waals surface area contributed by atoms with Crippen molar-refractivity contribution >= 4 is 27.5 Å². The first-order chi connectivity index (χ1) is 13.3. The lowest BCUT2D eigenvalue weighted by molar-refractivity contribution is -0.904. The highest BCUT2D eigenvalue weighted by Gasteiger charge is 2.20. The summed E-state index contributed by atoms with van der Waals surface area (Å²) in [6, 6.07) is 9.85. The molecule has 28 heavy (non-hydrogen) atoms. The number of amides is 1. The maximum Gasteiger partial charge on any atom is 0.275 e. The van der Waals surface area contributed by atoms with Crippen LogP contribution in [0.1, 0.15) is 33.5 Å². The molecule has 3 N–H and O–H groups in total. The zero-order valence-electron chi connectivity index (χ0n) is 16.8. The summed E-state index contributed by atoms with van der Waals surface area (Å²) in [6.45, 7) is 9.51. The van der Waals surface area contributed by atoms with Gasteiger partial charge in [0.25, 0.3) is 11.5 Å². The van der Waals surface area contributed by atoms with E-state index in [-0.39, 0.29) is 17.0 Å². The summed E-state index contributed by atoms with van der Waals surface area (Å²) in [5, 5.41) is 5.59. The molecular formula is C21H27N4O2S+. The highest BCUT2D eigenvalue weighted by molar-refractivity contribution is 7.17. The van der Waals surface area contributed by atoms with Gasteiger partial charge in [-0.1, -0.05) is 30.3 Å². The van der Waals surface area contributed by atoms with Crippen LogP contribution in [-0.2, 0) is 11.3 Å². The molecule has 3 aromatic rings. The zero-order chi connectivity index (χ0) is 20.3. The van der Waals surface area contributed by atoms with E-state index in [4.69, 9.17) is 0 Å². The van der Waals surface area contributed by atoms with E-state index < -0.39 is 0 Å². The lowest BCUT2D eigenvalue weighted by Crippen LogP contribution is -3.11. The van der Waals surface area contributed by atoms with Crippen LogP contribution in [0.25, 0.3) is 21.3 Å². The Bertz CT molecular complexity index is 1020. The molecule has 0 saturated carbocycles. The molecule has 7 heteroatoms. The number of fused-ring (bicyclic) bond motifs is 1. The summed E-state index contributed by atoms with van der Waals surface area (Å²) in [7, 11) is 0. The molecule has 2 aromatic heterocycles. The molecule has 0 fully saturated rings. The molecule has 0 spiro atoms. The van der Waals surface area contributed by atoms with Crippen LogP contribution < -0.4 is 15.8 Å². The Balaban J connectivity index is 1.82. The number of benzene rings is 1. The molecule has 0 bridgehead atoms. The minimum absolute atomic E-state index is 0.00439. The Kier molecular flexibility index (Phi) is 5.96. The number of carbonyl (C=O) groups excluding carboxylic acids is 1. The van der Waals surface area contributed by atoms with Crippen LogP contribution in [0.5, 0.6) is 0 Å². The number of hydrogen-bond acceptors (Lipinski definition) is 4. The van der Waals surface area contributed by atoms with Gasteiger partial charge < -0.3 is 15.2 Å². The summed E-state index contributed by atoms with van der Waals surface area (Å²) < 4.78 is 0. The third kappa shape index (κ3) is 4.85. The van der Waals surface area contributed by atoms with Gasteiger partial charge in [0.15, 0.2) is 12.4 Å². The second kappa shape index (κ2) is 8.24. The summed E-state index contributed by atoms with van der Waals surface area (Å²) in [4.78, 5) is 34.3. The molecule has 0 radical (unpaired) electrons. The van der Waals surface area contributed by atoms with Gasteiger partial charge in [-0.05, 0) is 33.3 Å². The molecule has 0 saturated heterocycles. The predicted octanol–water partition coefficient (Wildman–Crippen LogP) is 1.97. The van der Waals surface area contributed by atoms with Crippen LogP contribution in [0.4, 0.5) is 0 Å². The van der Waals surface area contributed by atoms with Crippen LogP contribution in [0.3, 0.4) is 0 Å². The van der Waals surface area contributed by atoms with Gasteiger partial charge in [-0.25, -0.2) is 4.98 Å². The van der Waals surface area contributed by atoms with E-state index in [0.29, 0.717) is 24.3 Å². The standard InChI is InChI=1S/C21H26N4O2S/c1-5-25(12-17(26)24-21(2,3)4)11-16-22-19(27)18-15(13-28-20(18)23-16)14-9-7-6-8-10-14/h6-10,13H,5,11-12H2,1-4H3,(H,24,26)(H,22,23,27)/p+1. The fourth-order valence-electron chi connectivity index (χ4n) is 3.15. The highest BCUT2D eigenvalue weighted by Crippen LogP contribution is 2.30. The van der Waals surface area contributed by atoms with E-state index in [0.717, 1.165) is 27.4 Å². The van der Waals surface area contributed by atoms with E-state index in [1.54, 1.807) is 0 Å². The number of nitrogens with one attached hydrogen (secondary N) is 3. The number of aromatic amines is 1. The predicted molar refractivity (Wildman–Crippen MR) is 114 cm³/mol. The van der Waals surface area contributed by atoms with Crippen LogP contribution in [0.15, 0.2) is 40.5 Å². The quantitative estimate of drug-likeness (QED) is 0.593. The normalized spacial score (nSPS) is 12.9. The van der Waals surface area contributed by atoms with Crippen molar-refractivity contribution in [2.75, 3.05) is 13.1 Å². The first-order valence-electron chi connectivity index (χ1n) is 9.47. The van der Waals surface area contributed by atoms with E-state index in [9.17, 15) is 9.59 Å². The van der Waals surface area contributed by atoms with Gasteiger partial charge in [0.2, 0.25) is 0 Å². The maximum atomic E-state index is 12.8. The van der Waals surface area contributed by atoms with Gasteiger partial charge in [-0.15, -0.1) is 11.3 Å². The number of likely N-dealkylation sites (N-methyl/N-ethyl adjacent to an activating group) is 1. The van der Waals surface area contributed by atoms with Crippen LogP contribution in [-0.4, -0.2) is 34.5 Å². The summed E-state index contributed by atoms with van der Waals surface area (Å²) in [6.07, 6.45) is 0. The van der Waals surface area contributed by atoms with Gasteiger partial charge in [-0.3, -0.25) is 9.59 Å². The molecule has 2 heterocycles. The Hall–Kier alpha value is -2.51. The average Bonchev–Trinajstić information content (AvgIpc) is 3.05. The lowest BCUT2D eigenvalue weighted by atomic mass is 10.1. The number of quaternary nitrogens is 1. The van der Waals surface area contributed by atoms with Gasteiger partial charge in [0.05, 0.1) is 11.9 Å². The van der Waals surface area contributed by atoms with Crippen molar-refractivity contribution in [3.63, 3.8) is 0 Å². The van der Waals surface area contributed by atoms with Gasteiger partial charge in [-0.2, -0.15) is 0 Å². The lowest BCUT2D eigenvalue weighted by Gasteiger charge is -2.23. The van der Waals surface area contributed by atoms with E-state index in [1.165, 1.54) is 11.3 Å². The van der Waals surface area contributed by atoms with Crippen LogP contribution in [0.2, 0.25) is 0 Å². The molecular weight excluding hydrogens is 372 g/mol. The Labute approximate surface area is 168 Å². The Morgan fingerprint density at radius 1 is 1.25 bits per heavy atom. The molecule has 1 atom stereocenters. The molecule has 1 amide bonds. The zero-order valence-corrected chi connectivity index (χ0v) is 17.6. The van der Waals surface area contributed by atoms with Crippen molar-refractivity contribution in [3.8, 4) is 11.1 Å². The van der Waals surface area contributed by atoms with Crippen LogP contribution in [0, 0.1) is 0 Å². The number of carbonyl (C=O) groups is 1. The second-order valence-electron chi connectivity index (χ2n) is 7.96. The number of nitrogens with zero attached hydrogens (tertiary/aromatic N) is 1. The smallest absolute Gasteiger partial charge is 0.275 e.